The molecule has 16 heteroatoms. The number of carbonyl (C=O) groups is 3. The highest BCUT2D eigenvalue weighted by molar-refractivity contribution is 7.13. The average molecular weight is 545 g/mol. The molecule has 2 atom stereocenters. The molecule has 1 aliphatic heterocycles. The van der Waals surface area contributed by atoms with E-state index in [0.29, 0.717) is 5.01 Å². The van der Waals surface area contributed by atoms with Crippen LogP contribution >= 0.6 is 22.9 Å². The summed E-state index contributed by atoms with van der Waals surface area (Å²) in [5.41, 5.74) is 4.29. The normalized spacial score (nSPS) is 16.4. The summed E-state index contributed by atoms with van der Waals surface area (Å²) >= 11 is 6.52. The third-order valence-electron chi connectivity index (χ3n) is 4.72. The maximum atomic E-state index is 13.1. The molecule has 0 radical (unpaired) electrons. The standard InChI is InChI=1S/C20H20ClF3N8O3S/c1-9(31-17(34)13-5-12(29-8-30-13)16(33)26-3-2-25)19-28-7-14(36-19)18(35)32-15-4-10(20(22,23)24)11(21)6-27-15/h5-9,15H,2-4,25H2,1H3,(H,26,33)(H,31,34)(H,32,35). The van der Waals surface area contributed by atoms with E-state index in [1.54, 1.807) is 6.92 Å². The maximum absolute atomic E-state index is 13.1. The Morgan fingerprint density at radius 2 is 1.89 bits per heavy atom. The molecule has 11 nitrogen and oxygen atoms in total. The molecule has 2 unspecified atom stereocenters. The molecule has 2 aromatic rings. The molecule has 3 heterocycles. The van der Waals surface area contributed by atoms with Gasteiger partial charge in [-0.05, 0) is 6.92 Å². The Hall–Kier alpha value is -3.43. The number of aliphatic imine (C=N–C) groups is 1. The van der Waals surface area contributed by atoms with Gasteiger partial charge in [0.25, 0.3) is 17.7 Å². The summed E-state index contributed by atoms with van der Waals surface area (Å²) in [6.07, 6.45) is -3.22. The Morgan fingerprint density at radius 1 is 1.19 bits per heavy atom. The van der Waals surface area contributed by atoms with Crippen molar-refractivity contribution in [3.05, 3.63) is 50.5 Å². The SMILES string of the molecule is CC(NC(=O)c1cc(C(=O)NCCN)ncn1)c1ncc(C(=O)NC2CC(C(F)(F)F)=C(Cl)C=N2)s1. The summed E-state index contributed by atoms with van der Waals surface area (Å²) in [6, 6.07) is 0.565. The number of nitrogens with zero attached hydrogens (tertiary/aromatic N) is 4. The number of nitrogens with two attached hydrogens (primary N) is 1. The van der Waals surface area contributed by atoms with E-state index in [1.807, 2.05) is 0 Å². The van der Waals surface area contributed by atoms with Crippen LogP contribution in [0, 0.1) is 0 Å². The highest BCUT2D eigenvalue weighted by Gasteiger charge is 2.39. The number of thiazole rings is 1. The number of hydrogen-bond acceptors (Lipinski definition) is 9. The molecule has 1 aliphatic rings. The van der Waals surface area contributed by atoms with Gasteiger partial charge >= 0.3 is 6.18 Å². The fourth-order valence-electron chi connectivity index (χ4n) is 2.95. The molecule has 2 aromatic heterocycles. The molecule has 0 aliphatic carbocycles. The number of carbonyl (C=O) groups excluding carboxylic acids is 3. The zero-order valence-corrected chi connectivity index (χ0v) is 20.2. The van der Waals surface area contributed by atoms with Crippen molar-refractivity contribution < 1.29 is 27.6 Å². The van der Waals surface area contributed by atoms with Crippen LogP contribution in [0.5, 0.6) is 0 Å². The summed E-state index contributed by atoms with van der Waals surface area (Å²) in [6.45, 7) is 2.09. The van der Waals surface area contributed by atoms with E-state index in [-0.39, 0.29) is 29.4 Å². The van der Waals surface area contributed by atoms with Gasteiger partial charge in [-0.25, -0.2) is 15.0 Å². The molecule has 36 heavy (non-hydrogen) atoms. The lowest BCUT2D eigenvalue weighted by atomic mass is 10.1. The molecular weight excluding hydrogens is 525 g/mol. The van der Waals surface area contributed by atoms with Crippen molar-refractivity contribution >= 4 is 46.9 Å². The number of amides is 3. The van der Waals surface area contributed by atoms with Gasteiger partial charge in [-0.1, -0.05) is 11.6 Å². The van der Waals surface area contributed by atoms with Crippen LogP contribution in [0.3, 0.4) is 0 Å². The largest absolute Gasteiger partial charge is 0.414 e. The van der Waals surface area contributed by atoms with Crippen LogP contribution in [0.1, 0.15) is 55.0 Å². The fourth-order valence-corrected chi connectivity index (χ4v) is 4.01. The number of halogens is 4. The number of hydrogen-bond donors (Lipinski definition) is 4. The summed E-state index contributed by atoms with van der Waals surface area (Å²) in [4.78, 5) is 52.8. The predicted molar refractivity (Wildman–Crippen MR) is 125 cm³/mol. The van der Waals surface area contributed by atoms with Gasteiger partial charge in [0.2, 0.25) is 0 Å². The highest BCUT2D eigenvalue weighted by Crippen LogP contribution is 2.34. The smallest absolute Gasteiger partial charge is 0.349 e. The van der Waals surface area contributed by atoms with Crippen molar-refractivity contribution in [1.82, 2.24) is 30.9 Å². The van der Waals surface area contributed by atoms with Crippen LogP contribution in [-0.4, -0.2) is 64.3 Å². The van der Waals surface area contributed by atoms with E-state index in [2.05, 4.69) is 35.9 Å². The van der Waals surface area contributed by atoms with Crippen molar-refractivity contribution in [2.24, 2.45) is 10.7 Å². The lowest BCUT2D eigenvalue weighted by Gasteiger charge is -2.22. The summed E-state index contributed by atoms with van der Waals surface area (Å²) in [5, 5.41) is 7.41. The second-order valence-electron chi connectivity index (χ2n) is 7.39. The van der Waals surface area contributed by atoms with Crippen LogP contribution < -0.4 is 21.7 Å². The Bertz CT molecular complexity index is 1220. The van der Waals surface area contributed by atoms with E-state index in [4.69, 9.17) is 17.3 Å². The molecule has 192 valence electrons. The fraction of sp³-hybridized carbons (Fsp3) is 0.350. The molecule has 0 saturated carbocycles. The van der Waals surface area contributed by atoms with Crippen molar-refractivity contribution in [3.63, 3.8) is 0 Å². The van der Waals surface area contributed by atoms with E-state index in [9.17, 15) is 27.6 Å². The minimum atomic E-state index is -4.64. The average Bonchev–Trinajstić information content (AvgIpc) is 3.34. The van der Waals surface area contributed by atoms with Gasteiger partial charge in [-0.15, -0.1) is 11.3 Å². The molecule has 0 saturated heterocycles. The molecule has 0 spiro atoms. The van der Waals surface area contributed by atoms with Crippen molar-refractivity contribution in [2.45, 2.75) is 31.7 Å². The number of aromatic nitrogens is 3. The quantitative estimate of drug-likeness (QED) is 0.392. The van der Waals surface area contributed by atoms with Gasteiger partial charge in [0.1, 0.15) is 33.8 Å². The second-order valence-corrected chi connectivity index (χ2v) is 8.86. The van der Waals surface area contributed by atoms with Crippen molar-refractivity contribution in [2.75, 3.05) is 13.1 Å². The Kier molecular flexibility index (Phi) is 8.70. The van der Waals surface area contributed by atoms with Crippen LogP contribution in [0.25, 0.3) is 0 Å². The summed E-state index contributed by atoms with van der Waals surface area (Å²) in [7, 11) is 0. The molecule has 0 bridgehead atoms. The molecule has 3 rings (SSSR count). The maximum Gasteiger partial charge on any atom is 0.414 e. The number of allylic oxidation sites excluding steroid dienone is 1. The minimum Gasteiger partial charge on any atom is -0.349 e. The first-order chi connectivity index (χ1) is 17.0. The van der Waals surface area contributed by atoms with Gasteiger partial charge in [-0.2, -0.15) is 13.2 Å². The zero-order chi connectivity index (χ0) is 26.5. The Morgan fingerprint density at radius 3 is 2.56 bits per heavy atom. The highest BCUT2D eigenvalue weighted by atomic mass is 35.5. The van der Waals surface area contributed by atoms with E-state index in [0.717, 1.165) is 23.9 Å². The van der Waals surface area contributed by atoms with Crippen LogP contribution in [0.4, 0.5) is 13.2 Å². The first-order valence-electron chi connectivity index (χ1n) is 10.4. The molecular formula is C20H20ClF3N8O3S. The van der Waals surface area contributed by atoms with Crippen molar-refractivity contribution in [3.8, 4) is 0 Å². The number of rotatable bonds is 8. The zero-order valence-electron chi connectivity index (χ0n) is 18.6. The van der Waals surface area contributed by atoms with E-state index >= 15 is 0 Å². The van der Waals surface area contributed by atoms with Gasteiger partial charge in [-0.3, -0.25) is 19.4 Å². The number of nitrogens with one attached hydrogen (secondary N) is 3. The lowest BCUT2D eigenvalue weighted by Crippen LogP contribution is -2.36. The lowest BCUT2D eigenvalue weighted by molar-refractivity contribution is -0.0950. The van der Waals surface area contributed by atoms with Gasteiger partial charge in [0, 0.05) is 31.8 Å². The molecule has 3 amide bonds. The first-order valence-corrected chi connectivity index (χ1v) is 11.6. The number of alkyl halides is 3. The van der Waals surface area contributed by atoms with Gasteiger partial charge in [0.15, 0.2) is 0 Å². The molecule has 0 fully saturated rings. The monoisotopic (exact) mass is 544 g/mol. The van der Waals surface area contributed by atoms with Crippen LogP contribution in [-0.2, 0) is 0 Å². The minimum absolute atomic E-state index is 0.0142. The third kappa shape index (κ3) is 6.83. The summed E-state index contributed by atoms with van der Waals surface area (Å²) in [5.74, 6) is -1.80. The van der Waals surface area contributed by atoms with Crippen LogP contribution in [0.15, 0.2) is 34.2 Å². The third-order valence-corrected chi connectivity index (χ3v) is 6.23. The Balaban J connectivity index is 1.61. The summed E-state index contributed by atoms with van der Waals surface area (Å²) < 4.78 is 39.2. The Labute approximate surface area is 211 Å². The number of dihydropyridines is 1. The van der Waals surface area contributed by atoms with E-state index in [1.165, 1.54) is 12.3 Å². The topological polar surface area (TPSA) is 164 Å². The van der Waals surface area contributed by atoms with E-state index < -0.39 is 53.1 Å². The molecule has 0 aromatic carbocycles. The second kappa shape index (κ2) is 11.5. The van der Waals surface area contributed by atoms with Crippen molar-refractivity contribution in [1.29, 1.82) is 0 Å². The predicted octanol–water partition coefficient (Wildman–Crippen LogP) is 1.70. The van der Waals surface area contributed by atoms with Crippen LogP contribution in [0.2, 0.25) is 0 Å². The first kappa shape index (κ1) is 27.2. The van der Waals surface area contributed by atoms with Gasteiger partial charge < -0.3 is 21.7 Å². The van der Waals surface area contributed by atoms with Gasteiger partial charge in [0.05, 0.1) is 22.8 Å². The molecule has 5 N–H and O–H groups in total.